The lowest BCUT2D eigenvalue weighted by atomic mass is 10.3. The summed E-state index contributed by atoms with van der Waals surface area (Å²) in [6.45, 7) is 0. The van der Waals surface area contributed by atoms with Crippen LogP contribution >= 0.6 is 11.8 Å². The average molecular weight is 352 g/mol. The molecule has 11 nitrogen and oxygen atoms in total. The highest BCUT2D eigenvalue weighted by molar-refractivity contribution is 7.99. The van der Waals surface area contributed by atoms with Crippen molar-refractivity contribution in [3.05, 3.63) is 44.3 Å². The Morgan fingerprint density at radius 2 is 2.00 bits per heavy atom. The van der Waals surface area contributed by atoms with Gasteiger partial charge < -0.3 is 10.3 Å². The van der Waals surface area contributed by atoms with Gasteiger partial charge in [-0.25, -0.2) is 0 Å². The molecular formula is C12H12N6O5S. The van der Waals surface area contributed by atoms with E-state index >= 15 is 0 Å². The quantitative estimate of drug-likeness (QED) is 0.574. The Balaban J connectivity index is 2.29. The summed E-state index contributed by atoms with van der Waals surface area (Å²) >= 11 is 0.954. The van der Waals surface area contributed by atoms with Crippen molar-refractivity contribution in [1.29, 1.82) is 0 Å². The van der Waals surface area contributed by atoms with Gasteiger partial charge in [-0.1, -0.05) is 0 Å². The molecule has 12 heteroatoms. The van der Waals surface area contributed by atoms with Gasteiger partial charge in [-0.2, -0.15) is 0 Å². The smallest absolute Gasteiger partial charge is 0.290 e. The second kappa shape index (κ2) is 7.04. The van der Waals surface area contributed by atoms with Gasteiger partial charge in [0.15, 0.2) is 5.16 Å². The number of hydrogen-bond acceptors (Lipinski definition) is 8. The van der Waals surface area contributed by atoms with Crippen molar-refractivity contribution in [3.63, 3.8) is 0 Å². The Morgan fingerprint density at radius 1 is 1.29 bits per heavy atom. The molecule has 0 bridgehead atoms. The summed E-state index contributed by atoms with van der Waals surface area (Å²) in [4.78, 5) is 31.5. The molecule has 0 aliphatic rings. The minimum absolute atomic E-state index is 0.105. The first-order chi connectivity index (χ1) is 11.3. The molecule has 0 aliphatic carbocycles. The van der Waals surface area contributed by atoms with Crippen LogP contribution in [0.2, 0.25) is 0 Å². The number of aromatic nitrogens is 3. The Morgan fingerprint density at radius 3 is 2.58 bits per heavy atom. The van der Waals surface area contributed by atoms with Crippen LogP contribution in [0.3, 0.4) is 0 Å². The first-order valence-corrected chi connectivity index (χ1v) is 7.38. The van der Waals surface area contributed by atoms with Crippen LogP contribution < -0.4 is 5.73 Å². The van der Waals surface area contributed by atoms with Gasteiger partial charge in [0, 0.05) is 26.0 Å². The number of benzene rings is 1. The lowest BCUT2D eigenvalue weighted by molar-refractivity contribution is -0.396. The topological polar surface area (TPSA) is 160 Å². The summed E-state index contributed by atoms with van der Waals surface area (Å²) < 4.78 is 1.58. The first-order valence-electron chi connectivity index (χ1n) is 6.57. The number of amides is 1. The van der Waals surface area contributed by atoms with Crippen LogP contribution in [-0.2, 0) is 18.3 Å². The van der Waals surface area contributed by atoms with Crippen LogP contribution in [0.25, 0.3) is 0 Å². The number of rotatable bonds is 7. The molecule has 0 radical (unpaired) electrons. The third-order valence-electron chi connectivity index (χ3n) is 3.07. The maximum atomic E-state index is 11.1. The van der Waals surface area contributed by atoms with Gasteiger partial charge in [-0.3, -0.25) is 25.0 Å². The molecule has 0 fully saturated rings. The van der Waals surface area contributed by atoms with E-state index in [9.17, 15) is 25.0 Å². The van der Waals surface area contributed by atoms with E-state index in [1.54, 1.807) is 11.6 Å². The van der Waals surface area contributed by atoms with E-state index < -0.39 is 21.4 Å². The Kier molecular flexibility index (Phi) is 5.08. The zero-order valence-electron chi connectivity index (χ0n) is 12.4. The number of carbonyl (C=O) groups is 1. The minimum Gasteiger partial charge on any atom is -0.370 e. The summed E-state index contributed by atoms with van der Waals surface area (Å²) in [6.07, 6.45) is 0.399. The third kappa shape index (κ3) is 3.84. The Hall–Kier alpha value is -3.02. The average Bonchev–Trinajstić information content (AvgIpc) is 2.85. The molecule has 126 valence electrons. The highest BCUT2D eigenvalue weighted by Gasteiger charge is 2.22. The fourth-order valence-electron chi connectivity index (χ4n) is 1.83. The van der Waals surface area contributed by atoms with E-state index in [-0.39, 0.29) is 17.0 Å². The van der Waals surface area contributed by atoms with E-state index in [2.05, 4.69) is 10.2 Å². The lowest BCUT2D eigenvalue weighted by Crippen LogP contribution is -2.12. The molecule has 0 spiro atoms. The van der Waals surface area contributed by atoms with Crippen molar-refractivity contribution in [2.45, 2.75) is 22.9 Å². The van der Waals surface area contributed by atoms with E-state index in [4.69, 9.17) is 5.73 Å². The van der Waals surface area contributed by atoms with Crippen molar-refractivity contribution < 1.29 is 14.6 Å². The molecule has 0 aliphatic heterocycles. The monoisotopic (exact) mass is 352 g/mol. The van der Waals surface area contributed by atoms with Crippen LogP contribution in [0.1, 0.15) is 12.2 Å². The molecule has 1 heterocycles. The summed E-state index contributed by atoms with van der Waals surface area (Å²) in [5.41, 5.74) is 4.32. The molecule has 0 atom stereocenters. The fourth-order valence-corrected chi connectivity index (χ4v) is 2.73. The predicted molar refractivity (Wildman–Crippen MR) is 82.4 cm³/mol. The number of nitro groups is 2. The van der Waals surface area contributed by atoms with Gasteiger partial charge in [0.2, 0.25) is 5.91 Å². The molecule has 1 aromatic carbocycles. The third-order valence-corrected chi connectivity index (χ3v) is 4.17. The molecule has 1 amide bonds. The number of nitrogens with zero attached hydrogens (tertiary/aromatic N) is 5. The van der Waals surface area contributed by atoms with Crippen molar-refractivity contribution in [2.75, 3.05) is 0 Å². The van der Waals surface area contributed by atoms with Gasteiger partial charge in [0.05, 0.1) is 20.8 Å². The first kappa shape index (κ1) is 17.3. The van der Waals surface area contributed by atoms with Gasteiger partial charge in [-0.05, 0) is 17.8 Å². The second-order valence-corrected chi connectivity index (χ2v) is 5.70. The Labute approximate surface area is 139 Å². The molecule has 0 saturated carbocycles. The van der Waals surface area contributed by atoms with E-state index in [0.29, 0.717) is 17.4 Å². The molecule has 24 heavy (non-hydrogen) atoms. The van der Waals surface area contributed by atoms with Crippen molar-refractivity contribution >= 4 is 29.0 Å². The summed E-state index contributed by atoms with van der Waals surface area (Å²) in [7, 11) is 1.65. The maximum Gasteiger partial charge on any atom is 0.290 e. The van der Waals surface area contributed by atoms with E-state index in [1.165, 1.54) is 12.1 Å². The number of non-ortho nitro benzene ring substituents is 1. The number of nitrogens with two attached hydrogens (primary N) is 1. The van der Waals surface area contributed by atoms with Gasteiger partial charge in [0.1, 0.15) is 5.82 Å². The molecule has 2 N–H and O–H groups in total. The second-order valence-electron chi connectivity index (χ2n) is 4.69. The van der Waals surface area contributed by atoms with Crippen LogP contribution in [0, 0.1) is 20.2 Å². The number of hydrogen-bond donors (Lipinski definition) is 1. The highest BCUT2D eigenvalue weighted by Crippen LogP contribution is 2.36. The summed E-state index contributed by atoms with van der Waals surface area (Å²) in [5, 5.41) is 30.0. The molecule has 2 aromatic rings. The normalized spacial score (nSPS) is 10.5. The maximum absolute atomic E-state index is 11.1. The number of nitro benzene ring substituents is 2. The standard InChI is InChI=1S/C12H12N6O5S/c1-16-11(5-4-10(13)19)14-15-12(16)24-9-3-2-7(17(20)21)6-8(9)18(22)23/h2-3,6H,4-5H2,1H3,(H2,13,19). The SMILES string of the molecule is Cn1c(CCC(N)=O)nnc1Sc1ccc([N+](=O)[O-])cc1[N+](=O)[O-]. The zero-order chi connectivity index (χ0) is 17.9. The summed E-state index contributed by atoms with van der Waals surface area (Å²) in [6, 6.07) is 3.37. The Bertz CT molecular complexity index is 820. The largest absolute Gasteiger partial charge is 0.370 e. The predicted octanol–water partition coefficient (Wildman–Crippen LogP) is 1.20. The number of primary amides is 1. The van der Waals surface area contributed by atoms with Gasteiger partial charge in [-0.15, -0.1) is 10.2 Å². The van der Waals surface area contributed by atoms with Gasteiger partial charge in [0.25, 0.3) is 11.4 Å². The van der Waals surface area contributed by atoms with Crippen LogP contribution in [0.4, 0.5) is 11.4 Å². The molecule has 0 saturated heterocycles. The van der Waals surface area contributed by atoms with E-state index in [1.807, 2.05) is 0 Å². The highest BCUT2D eigenvalue weighted by atomic mass is 32.2. The van der Waals surface area contributed by atoms with E-state index in [0.717, 1.165) is 17.8 Å². The van der Waals surface area contributed by atoms with Crippen molar-refractivity contribution in [1.82, 2.24) is 14.8 Å². The molecule has 1 aromatic heterocycles. The lowest BCUT2D eigenvalue weighted by Gasteiger charge is -2.04. The number of carbonyl (C=O) groups excluding carboxylic acids is 1. The van der Waals surface area contributed by atoms with Crippen LogP contribution in [-0.4, -0.2) is 30.5 Å². The molecular weight excluding hydrogens is 340 g/mol. The zero-order valence-corrected chi connectivity index (χ0v) is 13.2. The van der Waals surface area contributed by atoms with Crippen LogP contribution in [0.5, 0.6) is 0 Å². The minimum atomic E-state index is -0.703. The molecule has 2 rings (SSSR count). The van der Waals surface area contributed by atoms with Crippen LogP contribution in [0.15, 0.2) is 28.3 Å². The number of aryl methyl sites for hydroxylation is 1. The van der Waals surface area contributed by atoms with Gasteiger partial charge >= 0.3 is 0 Å². The fraction of sp³-hybridized carbons (Fsp3) is 0.250. The van der Waals surface area contributed by atoms with Crippen molar-refractivity contribution in [2.24, 2.45) is 12.8 Å². The summed E-state index contributed by atoms with van der Waals surface area (Å²) in [5.74, 6) is 0.0269. The van der Waals surface area contributed by atoms with Crippen molar-refractivity contribution in [3.8, 4) is 0 Å². The molecule has 0 unspecified atom stereocenters.